The van der Waals surface area contributed by atoms with Gasteiger partial charge in [0.15, 0.2) is 17.5 Å². The summed E-state index contributed by atoms with van der Waals surface area (Å²) in [5, 5.41) is 9.11. The second-order valence-electron chi connectivity index (χ2n) is 10.4. The quantitative estimate of drug-likeness (QED) is 0.369. The van der Waals surface area contributed by atoms with Gasteiger partial charge in [0.1, 0.15) is 5.75 Å². The number of carbonyl (C=O) groups is 1. The molecule has 5 rings (SSSR count). The second-order valence-corrected chi connectivity index (χ2v) is 10.4. The lowest BCUT2D eigenvalue weighted by atomic mass is 9.71. The van der Waals surface area contributed by atoms with Gasteiger partial charge in [0, 0.05) is 36.3 Å². The molecular weight excluding hydrogens is 493 g/mol. The van der Waals surface area contributed by atoms with Crippen molar-refractivity contribution < 1.29 is 27.8 Å². The van der Waals surface area contributed by atoms with Crippen LogP contribution in [0.4, 0.5) is 18.9 Å². The van der Waals surface area contributed by atoms with Crippen molar-refractivity contribution in [1.82, 2.24) is 4.90 Å². The Morgan fingerprint density at radius 3 is 2.29 bits per heavy atom. The molecule has 2 aliphatic rings. The molecular formula is C30H31F3N2O3. The van der Waals surface area contributed by atoms with Crippen LogP contribution >= 0.6 is 0 Å². The number of aromatic carboxylic acids is 1. The highest BCUT2D eigenvalue weighted by Gasteiger charge is 2.44. The molecule has 0 bridgehead atoms. The molecule has 0 saturated carbocycles. The first-order chi connectivity index (χ1) is 18.2. The third-order valence-electron chi connectivity index (χ3n) is 7.87. The smallest absolute Gasteiger partial charge is 0.335 e. The fourth-order valence-corrected chi connectivity index (χ4v) is 5.66. The van der Waals surface area contributed by atoms with Crippen LogP contribution in [0.3, 0.4) is 0 Å². The summed E-state index contributed by atoms with van der Waals surface area (Å²) in [6.07, 6.45) is 2.02. The molecule has 5 nitrogen and oxygen atoms in total. The molecule has 0 amide bonds. The van der Waals surface area contributed by atoms with Crippen molar-refractivity contribution in [2.24, 2.45) is 5.41 Å². The number of benzene rings is 3. The minimum absolute atomic E-state index is 0.0436. The van der Waals surface area contributed by atoms with E-state index in [1.807, 2.05) is 32.0 Å². The highest BCUT2D eigenvalue weighted by molar-refractivity contribution is 5.88. The summed E-state index contributed by atoms with van der Waals surface area (Å²) in [7, 11) is 0. The van der Waals surface area contributed by atoms with E-state index in [1.165, 1.54) is 6.07 Å². The molecule has 2 heterocycles. The average molecular weight is 525 g/mol. The normalized spacial score (nSPS) is 16.9. The van der Waals surface area contributed by atoms with Crippen molar-refractivity contribution in [3.05, 3.63) is 82.7 Å². The Bertz CT molecular complexity index is 1340. The number of piperidine rings is 1. The molecule has 8 heteroatoms. The van der Waals surface area contributed by atoms with Gasteiger partial charge in [0.2, 0.25) is 0 Å². The van der Waals surface area contributed by atoms with E-state index in [9.17, 15) is 18.0 Å². The van der Waals surface area contributed by atoms with Crippen LogP contribution in [-0.2, 0) is 6.54 Å². The van der Waals surface area contributed by atoms with E-state index in [1.54, 1.807) is 18.2 Å². The Labute approximate surface area is 220 Å². The van der Waals surface area contributed by atoms with Crippen LogP contribution in [0.25, 0.3) is 11.1 Å². The van der Waals surface area contributed by atoms with Crippen LogP contribution in [0.5, 0.6) is 5.75 Å². The van der Waals surface area contributed by atoms with E-state index in [-0.39, 0.29) is 16.5 Å². The summed E-state index contributed by atoms with van der Waals surface area (Å²) in [5.74, 6) is -4.08. The average Bonchev–Trinajstić information content (AvgIpc) is 2.89. The largest absolute Gasteiger partial charge is 0.494 e. The number of anilines is 1. The van der Waals surface area contributed by atoms with E-state index in [4.69, 9.17) is 9.84 Å². The third kappa shape index (κ3) is 4.97. The van der Waals surface area contributed by atoms with Crippen LogP contribution in [0.1, 0.15) is 41.3 Å². The van der Waals surface area contributed by atoms with Crippen molar-refractivity contribution in [1.29, 1.82) is 0 Å². The van der Waals surface area contributed by atoms with E-state index < -0.39 is 23.4 Å². The summed E-state index contributed by atoms with van der Waals surface area (Å²) in [6.45, 7) is 8.38. The molecule has 2 aliphatic heterocycles. The Balaban J connectivity index is 1.29. The molecule has 0 radical (unpaired) electrons. The standard InChI is InChI=1S/C30H31F3N2O3/c1-3-38-26-15-21(24(14-19(26)2)23-8-9-25(31)28(33)27(23)32)16-34-12-10-30(11-13-34)17-35(18-30)22-6-4-20(5-7-22)29(36)37/h4-9,14-15H,3,10-13,16-18H2,1-2H3,(H,36,37). The zero-order chi connectivity index (χ0) is 27.0. The lowest BCUT2D eigenvalue weighted by Crippen LogP contribution is -2.60. The number of carboxylic acids is 1. The number of halogens is 3. The van der Waals surface area contributed by atoms with Gasteiger partial charge in [-0.15, -0.1) is 0 Å². The molecule has 0 aromatic heterocycles. The van der Waals surface area contributed by atoms with E-state index in [2.05, 4.69) is 9.80 Å². The second kappa shape index (κ2) is 10.3. The van der Waals surface area contributed by atoms with Gasteiger partial charge < -0.3 is 14.7 Å². The molecule has 0 aliphatic carbocycles. The van der Waals surface area contributed by atoms with E-state index in [0.29, 0.717) is 24.5 Å². The maximum absolute atomic E-state index is 14.8. The fourth-order valence-electron chi connectivity index (χ4n) is 5.66. The van der Waals surface area contributed by atoms with Gasteiger partial charge in [-0.3, -0.25) is 4.90 Å². The predicted octanol–water partition coefficient (Wildman–Crippen LogP) is 6.28. The SMILES string of the molecule is CCOc1cc(CN2CCC3(CC2)CN(c2ccc(C(=O)O)cc2)C3)c(-c2ccc(F)c(F)c2F)cc1C. The summed E-state index contributed by atoms with van der Waals surface area (Å²) >= 11 is 0. The molecule has 1 spiro atoms. The summed E-state index contributed by atoms with van der Waals surface area (Å²) < 4.78 is 48.3. The molecule has 0 atom stereocenters. The van der Waals surface area contributed by atoms with Crippen molar-refractivity contribution in [2.75, 3.05) is 37.7 Å². The van der Waals surface area contributed by atoms with Gasteiger partial charge in [0.05, 0.1) is 12.2 Å². The van der Waals surface area contributed by atoms with Gasteiger partial charge >= 0.3 is 5.97 Å². The Kier molecular flexibility index (Phi) is 7.09. The monoisotopic (exact) mass is 524 g/mol. The first-order valence-electron chi connectivity index (χ1n) is 12.9. The Morgan fingerprint density at radius 1 is 0.974 bits per heavy atom. The van der Waals surface area contributed by atoms with Crippen LogP contribution in [0.2, 0.25) is 0 Å². The summed E-state index contributed by atoms with van der Waals surface area (Å²) in [4.78, 5) is 15.7. The van der Waals surface area contributed by atoms with Crippen molar-refractivity contribution >= 4 is 11.7 Å². The lowest BCUT2D eigenvalue weighted by molar-refractivity contribution is 0.0695. The van der Waals surface area contributed by atoms with Crippen LogP contribution in [-0.4, -0.2) is 48.8 Å². The fraction of sp³-hybridized carbons (Fsp3) is 0.367. The minimum Gasteiger partial charge on any atom is -0.494 e. The number of aryl methyl sites for hydroxylation is 1. The maximum Gasteiger partial charge on any atom is 0.335 e. The first kappa shape index (κ1) is 26.1. The van der Waals surface area contributed by atoms with Gasteiger partial charge in [-0.05, 0) is 105 Å². The topological polar surface area (TPSA) is 53.0 Å². The van der Waals surface area contributed by atoms with Gasteiger partial charge in [-0.1, -0.05) is 0 Å². The minimum atomic E-state index is -1.47. The van der Waals surface area contributed by atoms with Crippen LogP contribution in [0, 0.1) is 29.8 Å². The first-order valence-corrected chi connectivity index (χ1v) is 12.9. The molecule has 2 saturated heterocycles. The molecule has 200 valence electrons. The molecule has 2 fully saturated rings. The highest BCUT2D eigenvalue weighted by Crippen LogP contribution is 2.43. The zero-order valence-corrected chi connectivity index (χ0v) is 21.6. The predicted molar refractivity (Wildman–Crippen MR) is 140 cm³/mol. The number of likely N-dealkylation sites (tertiary alicyclic amines) is 1. The van der Waals surface area contributed by atoms with Gasteiger partial charge in [0.25, 0.3) is 0 Å². The van der Waals surface area contributed by atoms with Crippen LogP contribution in [0.15, 0.2) is 48.5 Å². The third-order valence-corrected chi connectivity index (χ3v) is 7.87. The molecule has 3 aromatic carbocycles. The number of ether oxygens (including phenoxy) is 1. The van der Waals surface area contributed by atoms with E-state index in [0.717, 1.165) is 61.9 Å². The summed E-state index contributed by atoms with van der Waals surface area (Å²) in [5.41, 5.74) is 3.74. The maximum atomic E-state index is 14.8. The molecule has 3 aromatic rings. The zero-order valence-electron chi connectivity index (χ0n) is 21.6. The summed E-state index contributed by atoms with van der Waals surface area (Å²) in [6, 6.07) is 12.9. The van der Waals surface area contributed by atoms with E-state index >= 15 is 0 Å². The molecule has 38 heavy (non-hydrogen) atoms. The van der Waals surface area contributed by atoms with Gasteiger partial charge in [-0.2, -0.15) is 0 Å². The number of hydrogen-bond acceptors (Lipinski definition) is 4. The lowest BCUT2D eigenvalue weighted by Gasteiger charge is -2.55. The number of hydrogen-bond donors (Lipinski definition) is 1. The number of carboxylic acid groups (broad SMARTS) is 1. The van der Waals surface area contributed by atoms with Gasteiger partial charge in [-0.25, -0.2) is 18.0 Å². The Hall–Kier alpha value is -3.52. The molecule has 1 N–H and O–H groups in total. The highest BCUT2D eigenvalue weighted by atomic mass is 19.2. The number of rotatable bonds is 7. The van der Waals surface area contributed by atoms with Crippen molar-refractivity contribution in [3.8, 4) is 16.9 Å². The molecule has 0 unspecified atom stereocenters. The van der Waals surface area contributed by atoms with Crippen LogP contribution < -0.4 is 9.64 Å². The Morgan fingerprint density at radius 2 is 1.66 bits per heavy atom. The van der Waals surface area contributed by atoms with Crippen molar-refractivity contribution in [2.45, 2.75) is 33.2 Å². The number of nitrogens with zero attached hydrogens (tertiary/aromatic N) is 2. The van der Waals surface area contributed by atoms with Crippen molar-refractivity contribution in [3.63, 3.8) is 0 Å².